The van der Waals surface area contributed by atoms with Gasteiger partial charge in [-0.25, -0.2) is 13.8 Å². The van der Waals surface area contributed by atoms with Crippen molar-refractivity contribution in [2.24, 2.45) is 0 Å². The van der Waals surface area contributed by atoms with Crippen LogP contribution in [0.4, 0.5) is 14.6 Å². The summed E-state index contributed by atoms with van der Waals surface area (Å²) in [6.45, 7) is 16.1. The Labute approximate surface area is 185 Å². The first-order valence-electron chi connectivity index (χ1n) is 10.9. The number of hydrogen-bond donors (Lipinski definition) is 0. The number of anilines is 1. The van der Waals surface area contributed by atoms with Crippen LogP contribution in [0.5, 0.6) is 0 Å². The normalized spacial score (nSPS) is 15.5. The Bertz CT molecular complexity index is 922. The number of rotatable bonds is 7. The Balaban J connectivity index is 1.75. The molecule has 2 aromatic rings. The zero-order chi connectivity index (χ0) is 23.0. The van der Waals surface area contributed by atoms with E-state index in [0.717, 1.165) is 0 Å². The van der Waals surface area contributed by atoms with Crippen molar-refractivity contribution in [3.8, 4) is 11.1 Å². The minimum Gasteiger partial charge on any atom is -0.412 e. The fraction of sp³-hybridized carbons (Fsp3) is 0.542. The molecular formula is C24H34F2N2O2Si. The second-order valence-corrected chi connectivity index (χ2v) is 14.9. The number of hydrogen-bond acceptors (Lipinski definition) is 4. The molecule has 1 aromatic carbocycles. The molecule has 0 amide bonds. The summed E-state index contributed by atoms with van der Waals surface area (Å²) in [7, 11) is -2.01. The largest absolute Gasteiger partial charge is 0.412 e. The summed E-state index contributed by atoms with van der Waals surface area (Å²) in [5, 5.41) is 0.0417. The summed E-state index contributed by atoms with van der Waals surface area (Å²) in [5.41, 5.74) is 1.23. The molecule has 0 atom stereocenters. The standard InChI is InChI=1S/C24H34F2N2O2Si/c1-16(2)30-19-13-28(14-19)23-21(25)11-18(12-27-23)20-10-8-9-17(22(20)26)15-29-31(6,7)24(3,4)5/h8-12,16,19H,13-15H2,1-7H3. The number of ether oxygens (including phenoxy) is 1. The maximum absolute atomic E-state index is 15.2. The first kappa shape index (κ1) is 23.8. The van der Waals surface area contributed by atoms with Crippen molar-refractivity contribution >= 4 is 14.1 Å². The van der Waals surface area contributed by atoms with Crippen LogP contribution in [0.2, 0.25) is 18.1 Å². The van der Waals surface area contributed by atoms with Gasteiger partial charge in [0.2, 0.25) is 0 Å². The van der Waals surface area contributed by atoms with Crippen molar-refractivity contribution < 1.29 is 17.9 Å². The number of halogens is 2. The summed E-state index contributed by atoms with van der Waals surface area (Å²) >= 11 is 0. The molecule has 2 heterocycles. The fourth-order valence-corrected chi connectivity index (χ4v) is 4.23. The average molecular weight is 449 g/mol. The van der Waals surface area contributed by atoms with Gasteiger partial charge in [0.05, 0.1) is 18.8 Å². The lowest BCUT2D eigenvalue weighted by atomic mass is 10.0. The molecule has 1 aliphatic rings. The quantitative estimate of drug-likeness (QED) is 0.475. The summed E-state index contributed by atoms with van der Waals surface area (Å²) in [6.07, 6.45) is 1.77. The highest BCUT2D eigenvalue weighted by molar-refractivity contribution is 6.74. The van der Waals surface area contributed by atoms with E-state index in [4.69, 9.17) is 9.16 Å². The molecule has 0 unspecified atom stereocenters. The number of benzene rings is 1. The molecule has 4 nitrogen and oxygen atoms in total. The fourth-order valence-electron chi connectivity index (χ4n) is 3.28. The first-order valence-corrected chi connectivity index (χ1v) is 13.8. The molecule has 1 aromatic heterocycles. The predicted octanol–water partition coefficient (Wildman–Crippen LogP) is 6.16. The van der Waals surface area contributed by atoms with Crippen molar-refractivity contribution in [1.82, 2.24) is 4.98 Å². The molecule has 1 aliphatic heterocycles. The predicted molar refractivity (Wildman–Crippen MR) is 124 cm³/mol. The maximum Gasteiger partial charge on any atom is 0.192 e. The van der Waals surface area contributed by atoms with Gasteiger partial charge in [-0.15, -0.1) is 0 Å². The Kier molecular flexibility index (Phi) is 6.89. The third kappa shape index (κ3) is 5.33. The highest BCUT2D eigenvalue weighted by Gasteiger charge is 2.37. The molecule has 1 saturated heterocycles. The van der Waals surface area contributed by atoms with E-state index in [1.54, 1.807) is 18.2 Å². The highest BCUT2D eigenvalue weighted by atomic mass is 28.4. The lowest BCUT2D eigenvalue weighted by Crippen LogP contribution is -2.53. The van der Waals surface area contributed by atoms with E-state index < -0.39 is 14.1 Å². The van der Waals surface area contributed by atoms with Crippen molar-refractivity contribution in [3.05, 3.63) is 47.7 Å². The molecule has 0 spiro atoms. The van der Waals surface area contributed by atoms with Crippen molar-refractivity contribution in [1.29, 1.82) is 0 Å². The van der Waals surface area contributed by atoms with E-state index in [9.17, 15) is 4.39 Å². The van der Waals surface area contributed by atoms with Gasteiger partial charge in [0.15, 0.2) is 20.0 Å². The van der Waals surface area contributed by atoms with Gasteiger partial charge in [-0.1, -0.05) is 39.0 Å². The Morgan fingerprint density at radius 1 is 1.19 bits per heavy atom. The highest BCUT2D eigenvalue weighted by Crippen LogP contribution is 2.37. The zero-order valence-corrected chi connectivity index (χ0v) is 20.6. The van der Waals surface area contributed by atoms with Crippen LogP contribution in [0.1, 0.15) is 40.2 Å². The van der Waals surface area contributed by atoms with Crippen LogP contribution >= 0.6 is 0 Å². The summed E-state index contributed by atoms with van der Waals surface area (Å²) in [5.74, 6) is -0.558. The van der Waals surface area contributed by atoms with Gasteiger partial charge >= 0.3 is 0 Å². The summed E-state index contributed by atoms with van der Waals surface area (Å²) in [4.78, 5) is 6.12. The minimum absolute atomic E-state index is 0.0417. The van der Waals surface area contributed by atoms with Gasteiger partial charge in [-0.05, 0) is 38.0 Å². The van der Waals surface area contributed by atoms with E-state index in [1.165, 1.54) is 12.3 Å². The molecule has 0 radical (unpaired) electrons. The zero-order valence-electron chi connectivity index (χ0n) is 19.6. The summed E-state index contributed by atoms with van der Waals surface area (Å²) < 4.78 is 41.9. The number of aromatic nitrogens is 1. The van der Waals surface area contributed by atoms with Crippen molar-refractivity contribution in [2.45, 2.75) is 71.6 Å². The average Bonchev–Trinajstić information content (AvgIpc) is 2.63. The maximum atomic E-state index is 15.2. The molecule has 3 rings (SSSR count). The third-order valence-electron chi connectivity index (χ3n) is 6.22. The Morgan fingerprint density at radius 3 is 2.45 bits per heavy atom. The van der Waals surface area contributed by atoms with Crippen LogP contribution in [0, 0.1) is 11.6 Å². The monoisotopic (exact) mass is 448 g/mol. The van der Waals surface area contributed by atoms with Crippen LogP contribution in [0.25, 0.3) is 11.1 Å². The van der Waals surface area contributed by atoms with E-state index in [-0.39, 0.29) is 35.5 Å². The topological polar surface area (TPSA) is 34.6 Å². The van der Waals surface area contributed by atoms with Gasteiger partial charge in [0.1, 0.15) is 5.82 Å². The molecule has 1 fully saturated rings. The van der Waals surface area contributed by atoms with Gasteiger partial charge < -0.3 is 14.1 Å². The molecule has 0 N–H and O–H groups in total. The van der Waals surface area contributed by atoms with E-state index in [1.807, 2.05) is 18.7 Å². The molecule has 170 valence electrons. The second-order valence-electron chi connectivity index (χ2n) is 10.1. The number of pyridine rings is 1. The van der Waals surface area contributed by atoms with Crippen molar-refractivity contribution in [2.75, 3.05) is 18.0 Å². The van der Waals surface area contributed by atoms with Crippen LogP contribution in [-0.2, 0) is 15.8 Å². The number of nitrogens with zero attached hydrogens (tertiary/aromatic N) is 2. The molecule has 31 heavy (non-hydrogen) atoms. The van der Waals surface area contributed by atoms with Gasteiger partial charge in [-0.2, -0.15) is 0 Å². The van der Waals surface area contributed by atoms with E-state index in [0.29, 0.717) is 29.8 Å². The van der Waals surface area contributed by atoms with E-state index in [2.05, 4.69) is 38.8 Å². The summed E-state index contributed by atoms with van der Waals surface area (Å²) in [6, 6.07) is 6.50. The van der Waals surface area contributed by atoms with Crippen LogP contribution < -0.4 is 4.90 Å². The molecule has 0 bridgehead atoms. The second kappa shape index (κ2) is 8.96. The van der Waals surface area contributed by atoms with Crippen LogP contribution in [0.15, 0.2) is 30.5 Å². The van der Waals surface area contributed by atoms with Crippen LogP contribution in [0.3, 0.4) is 0 Å². The van der Waals surface area contributed by atoms with Gasteiger partial charge in [0, 0.05) is 36.0 Å². The first-order chi connectivity index (χ1) is 14.4. The Hall–Kier alpha value is -1.83. The minimum atomic E-state index is -2.01. The van der Waals surface area contributed by atoms with Gasteiger partial charge in [0.25, 0.3) is 0 Å². The lowest BCUT2D eigenvalue weighted by Gasteiger charge is -2.40. The molecular weight excluding hydrogens is 414 g/mol. The smallest absolute Gasteiger partial charge is 0.192 e. The van der Waals surface area contributed by atoms with Crippen molar-refractivity contribution in [3.63, 3.8) is 0 Å². The van der Waals surface area contributed by atoms with Gasteiger partial charge in [-0.3, -0.25) is 0 Å². The third-order valence-corrected chi connectivity index (χ3v) is 10.7. The lowest BCUT2D eigenvalue weighted by molar-refractivity contribution is -0.00766. The molecule has 0 saturated carbocycles. The van der Waals surface area contributed by atoms with Crippen LogP contribution in [-0.4, -0.2) is 38.6 Å². The SMILES string of the molecule is CC(C)OC1CN(c2ncc(-c3cccc(CO[Si](C)(C)C(C)(C)C)c3F)cc2F)C1. The Morgan fingerprint density at radius 2 is 1.87 bits per heavy atom. The van der Waals surface area contributed by atoms with E-state index >= 15 is 4.39 Å². The molecule has 7 heteroatoms. The molecule has 0 aliphatic carbocycles.